The molecule has 0 saturated heterocycles. The van der Waals surface area contributed by atoms with Crippen molar-refractivity contribution in [2.24, 2.45) is 0 Å². The fourth-order valence-corrected chi connectivity index (χ4v) is 12.4. The molecule has 400 valence electrons. The number of allylic oxidation sites excluding steroid dienone is 6. The summed E-state index contributed by atoms with van der Waals surface area (Å²) in [4.78, 5) is 28.8. The van der Waals surface area contributed by atoms with Crippen molar-refractivity contribution in [1.82, 2.24) is 10.3 Å². The van der Waals surface area contributed by atoms with E-state index in [1.54, 1.807) is 55.2 Å². The van der Waals surface area contributed by atoms with Crippen molar-refractivity contribution in [3.05, 3.63) is 125 Å². The molecule has 0 bridgehead atoms. The topological polar surface area (TPSA) is 303 Å². The van der Waals surface area contributed by atoms with Gasteiger partial charge < -0.3 is 15.3 Å². The largest absolute Gasteiger partial charge is 0.481 e. The van der Waals surface area contributed by atoms with Crippen molar-refractivity contribution in [3.8, 4) is 0 Å². The Morgan fingerprint density at radius 2 is 1.43 bits per heavy atom. The first kappa shape index (κ1) is 56.5. The van der Waals surface area contributed by atoms with E-state index >= 15 is 0 Å². The zero-order valence-electron chi connectivity index (χ0n) is 41.8. The van der Waals surface area contributed by atoms with E-state index in [1.807, 2.05) is 38.1 Å². The molecule has 0 radical (unpaired) electrons. The van der Waals surface area contributed by atoms with E-state index in [1.165, 1.54) is 24.4 Å². The number of carboxylic acids is 1. The monoisotopic (exact) mass is 1110 g/mol. The highest BCUT2D eigenvalue weighted by atomic mass is 32.2. The number of pyridine rings is 1. The summed E-state index contributed by atoms with van der Waals surface area (Å²) in [6, 6.07) is 16.2. The Morgan fingerprint density at radius 1 is 0.733 bits per heavy atom. The molecule has 0 aliphatic carbocycles. The number of nitrogens with zero attached hydrogens (tertiary/aromatic N) is 3. The van der Waals surface area contributed by atoms with Crippen LogP contribution in [0.2, 0.25) is 0 Å². The molecule has 6 N–H and O–H groups in total. The number of rotatable bonds is 21. The van der Waals surface area contributed by atoms with E-state index in [-0.39, 0.29) is 40.6 Å². The Hall–Kier alpha value is -6.18. The maximum absolute atomic E-state index is 13.3. The molecule has 1 amide bonds. The predicted molar refractivity (Wildman–Crippen MR) is 284 cm³/mol. The number of carbonyl (C=O) groups excluding carboxylic acids is 1. The van der Waals surface area contributed by atoms with Crippen molar-refractivity contribution in [2.75, 3.05) is 30.3 Å². The molecular formula is C52H59N4O15S4+. The highest BCUT2D eigenvalue weighted by molar-refractivity contribution is 7.87. The van der Waals surface area contributed by atoms with Crippen molar-refractivity contribution in [3.63, 3.8) is 0 Å². The summed E-state index contributed by atoms with van der Waals surface area (Å²) in [6.07, 6.45) is 11.8. The molecule has 0 saturated carbocycles. The lowest BCUT2D eigenvalue weighted by molar-refractivity contribution is -0.438. The van der Waals surface area contributed by atoms with Gasteiger partial charge in [-0.05, 0) is 116 Å². The molecule has 0 fully saturated rings. The van der Waals surface area contributed by atoms with Gasteiger partial charge >= 0.3 is 5.97 Å². The van der Waals surface area contributed by atoms with Crippen molar-refractivity contribution in [1.29, 1.82) is 0 Å². The smallest absolute Gasteiger partial charge is 0.303 e. The zero-order chi connectivity index (χ0) is 55.1. The van der Waals surface area contributed by atoms with Crippen LogP contribution in [0.25, 0.3) is 27.1 Å². The second-order valence-corrected chi connectivity index (χ2v) is 25.4. The molecule has 23 heteroatoms. The first-order valence-corrected chi connectivity index (χ1v) is 29.9. The second kappa shape index (κ2) is 21.4. The summed E-state index contributed by atoms with van der Waals surface area (Å²) < 4.78 is 142. The van der Waals surface area contributed by atoms with Crippen LogP contribution in [0.5, 0.6) is 0 Å². The van der Waals surface area contributed by atoms with Crippen LogP contribution in [0.15, 0.2) is 118 Å². The Labute approximate surface area is 436 Å². The number of fused-ring (bicyclic) bond motifs is 6. The predicted octanol–water partition coefficient (Wildman–Crippen LogP) is 8.28. The molecule has 2 aliphatic heterocycles. The number of aromatic nitrogens is 1. The highest BCUT2D eigenvalue weighted by Crippen LogP contribution is 2.52. The second-order valence-electron chi connectivity index (χ2n) is 19.6. The molecule has 0 unspecified atom stereocenters. The van der Waals surface area contributed by atoms with E-state index in [0.29, 0.717) is 72.0 Å². The summed E-state index contributed by atoms with van der Waals surface area (Å²) >= 11 is 0. The minimum Gasteiger partial charge on any atom is -0.481 e. The third kappa shape index (κ3) is 12.3. The van der Waals surface area contributed by atoms with Crippen molar-refractivity contribution >= 4 is 96.6 Å². The Balaban J connectivity index is 1.41. The maximum Gasteiger partial charge on any atom is 0.303 e. The molecule has 4 aromatic carbocycles. The van der Waals surface area contributed by atoms with E-state index < -0.39 is 78.7 Å². The molecule has 19 nitrogen and oxygen atoms in total. The third-order valence-electron chi connectivity index (χ3n) is 13.6. The van der Waals surface area contributed by atoms with Crippen LogP contribution in [0, 0.1) is 0 Å². The first-order chi connectivity index (χ1) is 34.9. The molecule has 75 heavy (non-hydrogen) atoms. The number of unbranched alkanes of at least 4 members (excludes halogenated alkanes) is 3. The van der Waals surface area contributed by atoms with Gasteiger partial charge in [-0.15, -0.1) is 0 Å². The lowest BCUT2D eigenvalue weighted by atomic mass is 9.79. The average Bonchev–Trinajstić information content (AvgIpc) is 3.67. The van der Waals surface area contributed by atoms with Gasteiger partial charge in [-0.25, -0.2) is 0 Å². The number of benzene rings is 4. The Kier molecular flexibility index (Phi) is 16.2. The van der Waals surface area contributed by atoms with Gasteiger partial charge in [0.15, 0.2) is 5.71 Å². The van der Waals surface area contributed by atoms with Crippen LogP contribution in [0.1, 0.15) is 107 Å². The van der Waals surface area contributed by atoms with Crippen LogP contribution >= 0.6 is 0 Å². The standard InChI is InChI=1S/C52H58N4O15S4/c1-6-7-26-55-42-21-15-33-13-18-36(73(63,64)65)29-39(33)48(42)51(2,3)45(55)23-16-34(41-20-14-35(32-54-41)50(59)53-25-10-8-9-12-47(57)58)17-24-46-52(4,5)49-40-30-37(74(66,67)68)31-44(75(69,70)71)38(40)19-22-43(49)56(46)27-11-28-72(60,61)62/h13-24,29-32H,6-12,25-28H2,1-5H3,(H5-,53,57,58,59,60,61,62,63,64,65,66,67,68,69,70,71)/p+1. The molecule has 3 heterocycles. The maximum atomic E-state index is 13.3. The number of hydrogen-bond acceptors (Lipinski definition) is 12. The fraction of sp³-hybridized carbons (Fsp3) is 0.346. The Morgan fingerprint density at radius 3 is 2.05 bits per heavy atom. The minimum atomic E-state index is -5.07. The number of carbonyl (C=O) groups is 2. The average molecular weight is 1110 g/mol. The van der Waals surface area contributed by atoms with Gasteiger partial charge in [0.2, 0.25) is 5.69 Å². The van der Waals surface area contributed by atoms with E-state index in [2.05, 4.69) is 16.8 Å². The molecular weight excluding hydrogens is 1050 g/mol. The van der Waals surface area contributed by atoms with Crippen molar-refractivity contribution < 1.29 is 71.2 Å². The quantitative estimate of drug-likeness (QED) is 0.0174. The summed E-state index contributed by atoms with van der Waals surface area (Å²) in [5, 5.41) is 13.2. The number of aliphatic carboxylic acids is 1. The van der Waals surface area contributed by atoms with E-state index in [0.717, 1.165) is 41.3 Å². The Bertz CT molecular complexity index is 3730. The fourth-order valence-electron chi connectivity index (χ4n) is 10.1. The van der Waals surface area contributed by atoms with Crippen LogP contribution in [0.3, 0.4) is 0 Å². The highest BCUT2D eigenvalue weighted by Gasteiger charge is 2.46. The van der Waals surface area contributed by atoms with Gasteiger partial charge in [-0.2, -0.15) is 38.2 Å². The molecule has 7 rings (SSSR count). The lowest BCUT2D eigenvalue weighted by Gasteiger charge is -2.27. The third-order valence-corrected chi connectivity index (χ3v) is 17.0. The molecule has 2 aliphatic rings. The minimum absolute atomic E-state index is 0.0264. The molecule has 5 aromatic rings. The van der Waals surface area contributed by atoms with E-state index in [4.69, 9.17) is 10.1 Å². The van der Waals surface area contributed by atoms with Gasteiger partial charge in [-0.3, -0.25) is 32.8 Å². The summed E-state index contributed by atoms with van der Waals surface area (Å²) in [5.74, 6) is -1.93. The molecule has 1 aromatic heterocycles. The normalized spacial score (nSPS) is 16.4. The number of anilines is 1. The van der Waals surface area contributed by atoms with Gasteiger partial charge in [0.1, 0.15) is 11.4 Å². The van der Waals surface area contributed by atoms with Gasteiger partial charge in [-0.1, -0.05) is 51.8 Å². The first-order valence-electron chi connectivity index (χ1n) is 24.0. The van der Waals surface area contributed by atoms with Crippen LogP contribution < -0.4 is 10.2 Å². The van der Waals surface area contributed by atoms with E-state index in [9.17, 15) is 61.5 Å². The lowest BCUT2D eigenvalue weighted by Crippen LogP contribution is -2.28. The van der Waals surface area contributed by atoms with Gasteiger partial charge in [0.25, 0.3) is 46.4 Å². The molecule has 0 atom stereocenters. The SMILES string of the molecule is CCCC[N+]1=C(/C=C/C(=C/C=C2/N(CCCS(=O)(=O)O)c3ccc4c(S(=O)(=O)O)cc(S(=O)(=O)O)cc4c3C2(C)C)c2ccc(C(=O)NCCCCCC(=O)O)cn2)C(C)(C)c2c1ccc1ccc(S(=O)(=O)O)cc21. The number of carboxylic acid groups (broad SMARTS) is 1. The van der Waals surface area contributed by atoms with Crippen LogP contribution in [-0.2, 0) is 56.1 Å². The number of nitrogens with one attached hydrogen (secondary N) is 1. The summed E-state index contributed by atoms with van der Waals surface area (Å²) in [6.45, 7) is 10.5. The number of amides is 1. The molecule has 0 spiro atoms. The van der Waals surface area contributed by atoms with Crippen molar-refractivity contribution in [2.45, 2.75) is 105 Å². The summed E-state index contributed by atoms with van der Waals surface area (Å²) in [7, 11) is -19.1. The summed E-state index contributed by atoms with van der Waals surface area (Å²) in [5.41, 5.74) is 2.92. The van der Waals surface area contributed by atoms with Gasteiger partial charge in [0.05, 0.1) is 32.2 Å². The van der Waals surface area contributed by atoms with Gasteiger partial charge in [0, 0.05) is 77.6 Å². The zero-order valence-corrected chi connectivity index (χ0v) is 45.1. The van der Waals surface area contributed by atoms with Crippen LogP contribution in [-0.4, -0.2) is 110 Å². The number of hydrogen-bond donors (Lipinski definition) is 6. The van der Waals surface area contributed by atoms with Crippen LogP contribution in [0.4, 0.5) is 11.4 Å².